The fourth-order valence-corrected chi connectivity index (χ4v) is 3.81. The van der Waals surface area contributed by atoms with Gasteiger partial charge in [-0.05, 0) is 24.3 Å². The van der Waals surface area contributed by atoms with E-state index in [1.165, 1.54) is 30.6 Å². The fourth-order valence-electron chi connectivity index (χ4n) is 3.81. The Hall–Kier alpha value is -4.47. The van der Waals surface area contributed by atoms with Crippen molar-refractivity contribution in [2.75, 3.05) is 57.5 Å². The van der Waals surface area contributed by atoms with Gasteiger partial charge < -0.3 is 25.4 Å². The highest BCUT2D eigenvalue weighted by Crippen LogP contribution is 2.31. The number of piperazine rings is 1. The van der Waals surface area contributed by atoms with Gasteiger partial charge in [-0.3, -0.25) is 14.5 Å². The summed E-state index contributed by atoms with van der Waals surface area (Å²) in [5.41, 5.74) is 5.98. The van der Waals surface area contributed by atoms with Crippen LogP contribution in [0.25, 0.3) is 0 Å². The number of nitrogens with two attached hydrogens (primary N) is 1. The summed E-state index contributed by atoms with van der Waals surface area (Å²) < 4.78 is 25.8. The smallest absolute Gasteiger partial charge is 0.277 e. The van der Waals surface area contributed by atoms with Gasteiger partial charge in [0.15, 0.2) is 11.6 Å². The van der Waals surface area contributed by atoms with Crippen molar-refractivity contribution in [2.24, 2.45) is 0 Å². The number of ether oxygens (including phenoxy) is 2. The predicted octanol–water partition coefficient (Wildman–Crippen LogP) is 1.70. The van der Waals surface area contributed by atoms with Crippen molar-refractivity contribution in [3.63, 3.8) is 0 Å². The zero-order valence-electron chi connectivity index (χ0n) is 20.9. The van der Waals surface area contributed by atoms with Gasteiger partial charge in [-0.1, -0.05) is 5.92 Å². The lowest BCUT2D eigenvalue weighted by Gasteiger charge is -2.32. The Balaban J connectivity index is 1.40. The van der Waals surface area contributed by atoms with Crippen LogP contribution < -0.4 is 21.3 Å². The Kier molecular flexibility index (Phi) is 8.86. The first-order valence-electron chi connectivity index (χ1n) is 11.9. The average Bonchev–Trinajstić information content (AvgIpc) is 2.91. The van der Waals surface area contributed by atoms with Gasteiger partial charge in [-0.15, -0.1) is 0 Å². The summed E-state index contributed by atoms with van der Waals surface area (Å²) in [6, 6.07) is 9.95. The van der Waals surface area contributed by atoms with Crippen molar-refractivity contribution in [3.05, 3.63) is 70.0 Å². The number of amides is 1. The zero-order valence-corrected chi connectivity index (χ0v) is 20.9. The first-order chi connectivity index (χ1) is 18.4. The molecule has 198 valence electrons. The third-order valence-corrected chi connectivity index (χ3v) is 5.91. The Bertz CT molecular complexity index is 1390. The number of nitrogens with one attached hydrogen (secondary N) is 2. The molecule has 4 N–H and O–H groups in total. The fraction of sp³-hybridized carbons (Fsp3) is 0.308. The molecule has 0 unspecified atom stereocenters. The molecule has 3 aromatic rings. The molecular weight excluding hydrogens is 493 g/mol. The van der Waals surface area contributed by atoms with Crippen molar-refractivity contribution in [1.82, 2.24) is 25.0 Å². The molecular formula is C26H28FN7O4. The monoisotopic (exact) mass is 521 g/mol. The standard InChI is InChI=1S/C26H28FN7O4/c1-37-16-15-34-13-11-33(12-14-34)10-2-3-19-22(7-8-29-24(19)28)38-23-5-4-18(17-21(23)27)31-25(35)20-6-9-30-32-26(20)36/h4-9,17H,3,11-16H2,1H3,(H2,28,29)(H,31,35)(H,32,36). The number of carbonyl (C=O) groups is 1. The van der Waals surface area contributed by atoms with Crippen LogP contribution in [0, 0.1) is 17.8 Å². The van der Waals surface area contributed by atoms with E-state index in [1.807, 2.05) is 0 Å². The van der Waals surface area contributed by atoms with Gasteiger partial charge in [0.1, 0.15) is 17.1 Å². The van der Waals surface area contributed by atoms with E-state index in [4.69, 9.17) is 15.2 Å². The zero-order chi connectivity index (χ0) is 26.9. The number of hydrogen-bond acceptors (Lipinski definition) is 9. The van der Waals surface area contributed by atoms with Crippen LogP contribution in [0.5, 0.6) is 11.5 Å². The molecule has 38 heavy (non-hydrogen) atoms. The van der Waals surface area contributed by atoms with Crippen LogP contribution in [0.1, 0.15) is 15.9 Å². The molecule has 1 saturated heterocycles. The SMILES string of the molecule is COCCN1CCN(C#CCc2c(Oc3ccc(NC(=O)c4ccn[nH]c4=O)cc3F)ccnc2N)CC1. The molecule has 0 aliphatic carbocycles. The normalized spacial score (nSPS) is 13.5. The highest BCUT2D eigenvalue weighted by Gasteiger charge is 2.16. The first-order valence-corrected chi connectivity index (χ1v) is 11.9. The van der Waals surface area contributed by atoms with Crippen LogP contribution >= 0.6 is 0 Å². The number of anilines is 2. The Morgan fingerprint density at radius 3 is 2.74 bits per heavy atom. The first kappa shape index (κ1) is 26.6. The van der Waals surface area contributed by atoms with Gasteiger partial charge >= 0.3 is 0 Å². The van der Waals surface area contributed by atoms with E-state index in [1.54, 1.807) is 13.2 Å². The second kappa shape index (κ2) is 12.7. The second-order valence-corrected chi connectivity index (χ2v) is 8.46. The number of aromatic amines is 1. The minimum Gasteiger partial charge on any atom is -0.454 e. The minimum atomic E-state index is -0.717. The molecule has 2 aromatic heterocycles. The molecule has 4 rings (SSSR count). The number of rotatable bonds is 8. The molecule has 0 bridgehead atoms. The Morgan fingerprint density at radius 2 is 2.00 bits per heavy atom. The van der Waals surface area contributed by atoms with Crippen molar-refractivity contribution in [3.8, 4) is 23.5 Å². The lowest BCUT2D eigenvalue weighted by molar-refractivity contribution is 0.102. The molecule has 11 nitrogen and oxygen atoms in total. The van der Waals surface area contributed by atoms with Crippen LogP contribution in [0.3, 0.4) is 0 Å². The van der Waals surface area contributed by atoms with E-state index in [0.29, 0.717) is 17.9 Å². The van der Waals surface area contributed by atoms with Crippen LogP contribution in [-0.2, 0) is 11.2 Å². The van der Waals surface area contributed by atoms with Crippen molar-refractivity contribution in [1.29, 1.82) is 0 Å². The number of nitrogen functional groups attached to an aromatic ring is 1. The topological polar surface area (TPSA) is 139 Å². The van der Waals surface area contributed by atoms with E-state index >= 15 is 0 Å². The van der Waals surface area contributed by atoms with Crippen molar-refractivity contribution in [2.45, 2.75) is 6.42 Å². The van der Waals surface area contributed by atoms with Gasteiger partial charge in [-0.2, -0.15) is 5.10 Å². The average molecular weight is 522 g/mol. The van der Waals surface area contributed by atoms with Crippen LogP contribution in [-0.4, -0.2) is 77.3 Å². The second-order valence-electron chi connectivity index (χ2n) is 8.46. The number of aromatic nitrogens is 3. The molecule has 1 aliphatic heterocycles. The molecule has 0 saturated carbocycles. The third-order valence-electron chi connectivity index (χ3n) is 5.91. The van der Waals surface area contributed by atoms with Crippen LogP contribution in [0.4, 0.5) is 15.9 Å². The lowest BCUT2D eigenvalue weighted by atomic mass is 10.1. The summed E-state index contributed by atoms with van der Waals surface area (Å²) >= 11 is 0. The number of hydrogen-bond donors (Lipinski definition) is 3. The molecule has 1 fully saturated rings. The number of benzene rings is 1. The van der Waals surface area contributed by atoms with Gasteiger partial charge in [0.25, 0.3) is 11.5 Å². The number of carbonyl (C=O) groups excluding carboxylic acids is 1. The van der Waals surface area contributed by atoms with E-state index in [0.717, 1.165) is 38.8 Å². The summed E-state index contributed by atoms with van der Waals surface area (Å²) in [5, 5.41) is 8.19. The summed E-state index contributed by atoms with van der Waals surface area (Å²) in [6.07, 6.45) is 3.02. The van der Waals surface area contributed by atoms with Gasteiger partial charge in [0.05, 0.1) is 6.61 Å². The maximum Gasteiger partial charge on any atom is 0.277 e. The number of halogens is 1. The number of H-pyrrole nitrogens is 1. The number of methoxy groups -OCH3 is 1. The summed E-state index contributed by atoms with van der Waals surface area (Å²) in [5.74, 6) is 2.21. The summed E-state index contributed by atoms with van der Waals surface area (Å²) in [6.45, 7) is 5.09. The summed E-state index contributed by atoms with van der Waals surface area (Å²) in [4.78, 5) is 32.6. The Labute approximate surface area is 218 Å². The van der Waals surface area contributed by atoms with E-state index in [-0.39, 0.29) is 29.2 Å². The van der Waals surface area contributed by atoms with E-state index < -0.39 is 17.3 Å². The largest absolute Gasteiger partial charge is 0.454 e. The highest BCUT2D eigenvalue weighted by molar-refractivity contribution is 6.03. The van der Waals surface area contributed by atoms with Crippen molar-refractivity contribution < 1.29 is 18.7 Å². The maximum absolute atomic E-state index is 14.9. The lowest BCUT2D eigenvalue weighted by Crippen LogP contribution is -2.45. The van der Waals surface area contributed by atoms with Gasteiger partial charge in [0, 0.05) is 82.0 Å². The molecule has 0 spiro atoms. The third kappa shape index (κ3) is 6.84. The quantitative estimate of drug-likeness (QED) is 0.378. The molecule has 0 radical (unpaired) electrons. The maximum atomic E-state index is 14.9. The molecule has 1 amide bonds. The number of nitrogens with zero attached hydrogens (tertiary/aromatic N) is 4. The van der Waals surface area contributed by atoms with Crippen LogP contribution in [0.2, 0.25) is 0 Å². The molecule has 3 heterocycles. The van der Waals surface area contributed by atoms with Crippen LogP contribution in [0.15, 0.2) is 47.5 Å². The minimum absolute atomic E-state index is 0.0725. The van der Waals surface area contributed by atoms with E-state index in [2.05, 4.69) is 42.3 Å². The number of pyridine rings is 1. The molecule has 0 atom stereocenters. The van der Waals surface area contributed by atoms with Gasteiger partial charge in [0.2, 0.25) is 0 Å². The van der Waals surface area contributed by atoms with Gasteiger partial charge in [-0.25, -0.2) is 14.5 Å². The summed E-state index contributed by atoms with van der Waals surface area (Å²) in [7, 11) is 1.70. The van der Waals surface area contributed by atoms with E-state index in [9.17, 15) is 14.0 Å². The van der Waals surface area contributed by atoms with Crippen molar-refractivity contribution >= 4 is 17.4 Å². The molecule has 1 aliphatic rings. The highest BCUT2D eigenvalue weighted by atomic mass is 19.1. The predicted molar refractivity (Wildman–Crippen MR) is 139 cm³/mol. The molecule has 12 heteroatoms. The molecule has 1 aromatic carbocycles. The Morgan fingerprint density at radius 1 is 1.18 bits per heavy atom.